The third kappa shape index (κ3) is 4.83. The minimum absolute atomic E-state index is 0.230. The molecule has 1 N–H and O–H groups in total. The number of quaternary nitrogens is 1. The Balaban J connectivity index is 0.000000486. The molecule has 1 aliphatic heterocycles. The topological polar surface area (TPSA) is 131 Å². The van der Waals surface area contributed by atoms with Crippen LogP contribution in [0.15, 0.2) is 23.3 Å². The molecule has 0 aromatic heterocycles. The van der Waals surface area contributed by atoms with Crippen molar-refractivity contribution in [2.45, 2.75) is 20.8 Å². The van der Waals surface area contributed by atoms with Gasteiger partial charge in [0.25, 0.3) is 15.5 Å². The van der Waals surface area contributed by atoms with Crippen molar-refractivity contribution in [1.29, 1.82) is 0 Å². The second kappa shape index (κ2) is 7.74. The van der Waals surface area contributed by atoms with Crippen molar-refractivity contribution in [3.05, 3.63) is 43.8 Å². The average molecular weight is 321 g/mol. The van der Waals surface area contributed by atoms with E-state index in [9.17, 15) is 28.9 Å². The maximum absolute atomic E-state index is 11.0. The number of nitro groups is 1. The van der Waals surface area contributed by atoms with Crippen LogP contribution in [0.2, 0.25) is 0 Å². The second-order valence-electron chi connectivity index (χ2n) is 4.16. The minimum atomic E-state index is -4.32. The van der Waals surface area contributed by atoms with Crippen molar-refractivity contribution in [3.8, 4) is 0 Å². The molecule has 1 aliphatic rings. The fourth-order valence-corrected chi connectivity index (χ4v) is 2.96. The molecule has 1 heterocycles. The summed E-state index contributed by atoms with van der Waals surface area (Å²) >= 11 is 0. The van der Waals surface area contributed by atoms with Gasteiger partial charge in [-0.2, -0.15) is 4.90 Å². The number of hydrogen-bond donors (Lipinski definition) is 1. The largest absolute Gasteiger partial charge is 0.611 e. The molecule has 0 spiro atoms. The van der Waals surface area contributed by atoms with Gasteiger partial charge in [0.15, 0.2) is 0 Å². The maximum Gasteiger partial charge on any atom is 0.332 e. The van der Waals surface area contributed by atoms with Gasteiger partial charge >= 0.3 is 5.04 Å². The van der Waals surface area contributed by atoms with Crippen molar-refractivity contribution in [2.24, 2.45) is 0 Å². The number of hydrogen-bond acceptors (Lipinski definition) is 6. The van der Waals surface area contributed by atoms with Gasteiger partial charge in [-0.3, -0.25) is 10.1 Å². The number of nitrogens with one attached hydrogen (secondary N) is 1. The number of sulfone groups is 1. The average Bonchev–Trinajstić information content (AvgIpc) is 2.62. The predicted octanol–water partition coefficient (Wildman–Crippen LogP) is -0.573. The van der Waals surface area contributed by atoms with Gasteiger partial charge in [-0.25, -0.2) is 8.42 Å². The third-order valence-corrected chi connectivity index (χ3v) is 4.43. The van der Waals surface area contributed by atoms with Crippen molar-refractivity contribution in [2.75, 3.05) is 19.6 Å². The molecule has 9 nitrogen and oxygen atoms in total. The zero-order chi connectivity index (χ0) is 16.8. The Hall–Kier alpha value is -1.94. The normalized spacial score (nSPS) is 16.3. The third-order valence-electron chi connectivity index (χ3n) is 2.97. The van der Waals surface area contributed by atoms with E-state index in [0.29, 0.717) is 0 Å². The zero-order valence-corrected chi connectivity index (χ0v) is 13.0. The number of rotatable bonds is 4. The monoisotopic (exact) mass is 321 g/mol. The Kier molecular flexibility index (Phi) is 7.02. The standard InChI is InChI=1S/C6H15N.C5H3N2O6S/c1-4-7(5-2)6-3;1-3-4(6(8)9)2-14(12,13)5(3)7(10)11/h4-6H2,1-3H3;2H,1H2/q;-1/p+1. The van der Waals surface area contributed by atoms with E-state index in [1.54, 1.807) is 4.90 Å². The molecule has 0 aromatic rings. The molecule has 0 aliphatic carbocycles. The molecular formula is C11H19N3O6S. The molecule has 0 saturated carbocycles. The fraction of sp³-hybridized carbons (Fsp3) is 0.545. The van der Waals surface area contributed by atoms with Crippen LogP contribution in [0.4, 0.5) is 0 Å². The van der Waals surface area contributed by atoms with E-state index in [0.717, 1.165) is 0 Å². The Morgan fingerprint density at radius 3 is 1.71 bits per heavy atom. The summed E-state index contributed by atoms with van der Waals surface area (Å²) in [6, 6.07) is 0. The summed E-state index contributed by atoms with van der Waals surface area (Å²) in [5, 5.41) is 29.8. The van der Waals surface area contributed by atoms with Crippen molar-refractivity contribution >= 4 is 14.9 Å². The lowest BCUT2D eigenvalue weighted by Crippen LogP contribution is -3.11. The zero-order valence-electron chi connectivity index (χ0n) is 12.2. The molecule has 0 bridgehead atoms. The van der Waals surface area contributed by atoms with Gasteiger partial charge in [0.2, 0.25) is 0 Å². The lowest BCUT2D eigenvalue weighted by molar-refractivity contribution is -0.894. The van der Waals surface area contributed by atoms with Crippen LogP contribution in [-0.2, 0) is 9.84 Å². The van der Waals surface area contributed by atoms with Crippen LogP contribution in [0.25, 0.3) is 0 Å². The second-order valence-corrected chi connectivity index (χ2v) is 5.87. The van der Waals surface area contributed by atoms with Crippen LogP contribution in [0.5, 0.6) is 0 Å². The van der Waals surface area contributed by atoms with E-state index in [2.05, 4.69) is 27.4 Å². The predicted molar refractivity (Wildman–Crippen MR) is 77.7 cm³/mol. The first-order valence-electron chi connectivity index (χ1n) is 6.27. The van der Waals surface area contributed by atoms with Crippen LogP contribution in [-0.4, -0.2) is 42.9 Å². The highest BCUT2D eigenvalue weighted by Crippen LogP contribution is 2.24. The molecule has 0 unspecified atom stereocenters. The highest BCUT2D eigenvalue weighted by molar-refractivity contribution is 8.09. The van der Waals surface area contributed by atoms with Gasteiger partial charge in [0.05, 0.1) is 24.6 Å². The SMILES string of the molecule is C=C1C([N+](=O)[O-])=CS(=O)(=O)C1=[N+]([O-])[O-].CC[NH+](CC)CC. The lowest BCUT2D eigenvalue weighted by atomic mass is 10.3. The van der Waals surface area contributed by atoms with E-state index < -0.39 is 36.0 Å². The summed E-state index contributed by atoms with van der Waals surface area (Å²) in [7, 11) is -4.32. The van der Waals surface area contributed by atoms with Gasteiger partial charge < -0.3 is 15.3 Å². The molecule has 1 rings (SSSR count). The van der Waals surface area contributed by atoms with Crippen molar-refractivity contribution < 1.29 is 23.1 Å². The van der Waals surface area contributed by atoms with Gasteiger partial charge in [-0.15, -0.1) is 0 Å². The first-order valence-corrected chi connectivity index (χ1v) is 7.82. The highest BCUT2D eigenvalue weighted by atomic mass is 32.2. The van der Waals surface area contributed by atoms with Crippen LogP contribution >= 0.6 is 0 Å². The summed E-state index contributed by atoms with van der Waals surface area (Å²) in [5.74, 6) is 0. The lowest BCUT2D eigenvalue weighted by Gasteiger charge is -2.10. The summed E-state index contributed by atoms with van der Waals surface area (Å²) in [4.78, 5) is 9.69. The summed E-state index contributed by atoms with van der Waals surface area (Å²) < 4.78 is 22.0. The summed E-state index contributed by atoms with van der Waals surface area (Å²) in [5.41, 5.74) is -1.56. The molecule has 0 amide bonds. The van der Waals surface area contributed by atoms with Crippen LogP contribution in [0, 0.1) is 20.5 Å². The Morgan fingerprint density at radius 1 is 1.14 bits per heavy atom. The van der Waals surface area contributed by atoms with E-state index in [-0.39, 0.29) is 5.41 Å². The van der Waals surface area contributed by atoms with Gasteiger partial charge in [0, 0.05) is 0 Å². The molecule has 120 valence electrons. The highest BCUT2D eigenvalue weighted by Gasteiger charge is 2.43. The minimum Gasteiger partial charge on any atom is -0.611 e. The van der Waals surface area contributed by atoms with E-state index in [4.69, 9.17) is 0 Å². The summed E-state index contributed by atoms with van der Waals surface area (Å²) in [6.45, 7) is 13.5. The van der Waals surface area contributed by atoms with Gasteiger partial charge in [-0.05, 0) is 20.8 Å². The molecule has 0 saturated heterocycles. The maximum atomic E-state index is 11.0. The van der Waals surface area contributed by atoms with E-state index in [1.807, 2.05) is 0 Å². The van der Waals surface area contributed by atoms with Crippen LogP contribution in [0.3, 0.4) is 0 Å². The van der Waals surface area contributed by atoms with Crippen LogP contribution in [0.1, 0.15) is 20.8 Å². The Morgan fingerprint density at radius 2 is 1.57 bits per heavy atom. The molecule has 0 fully saturated rings. The molecule has 0 aromatic carbocycles. The van der Waals surface area contributed by atoms with Crippen molar-refractivity contribution in [1.82, 2.24) is 0 Å². The Labute approximate surface area is 123 Å². The fourth-order valence-electron chi connectivity index (χ4n) is 1.67. The molecular weight excluding hydrogens is 302 g/mol. The number of nitrogens with zero attached hydrogens (tertiary/aromatic N) is 2. The molecule has 10 heteroatoms. The van der Waals surface area contributed by atoms with Gasteiger partial charge in [-0.1, -0.05) is 6.58 Å². The molecule has 21 heavy (non-hydrogen) atoms. The first kappa shape index (κ1) is 19.1. The first-order chi connectivity index (χ1) is 9.62. The quantitative estimate of drug-likeness (QED) is 0.419. The Bertz CT molecular complexity index is 565. The van der Waals surface area contributed by atoms with Crippen LogP contribution < -0.4 is 4.90 Å². The molecule has 0 atom stereocenters. The van der Waals surface area contributed by atoms with E-state index in [1.165, 1.54) is 19.6 Å². The van der Waals surface area contributed by atoms with Gasteiger partial charge in [0.1, 0.15) is 11.0 Å². The molecule has 0 radical (unpaired) electrons. The number of allylic oxidation sites excluding steroid dienone is 1. The smallest absolute Gasteiger partial charge is 0.332 e. The summed E-state index contributed by atoms with van der Waals surface area (Å²) in [6.07, 6.45) is 0. The van der Waals surface area contributed by atoms with Crippen molar-refractivity contribution in [3.63, 3.8) is 0 Å². The van der Waals surface area contributed by atoms with E-state index >= 15 is 0 Å².